The summed E-state index contributed by atoms with van der Waals surface area (Å²) in [6.07, 6.45) is 6.01. The lowest BCUT2D eigenvalue weighted by Crippen LogP contribution is -2.42. The van der Waals surface area contributed by atoms with E-state index in [1.807, 2.05) is 12.1 Å². The SMILES string of the molecule is NC1CCCC(C(=O)NC2(c3cccc(Br)c3)CC2)C1. The van der Waals surface area contributed by atoms with Crippen molar-refractivity contribution in [2.45, 2.75) is 50.1 Å². The van der Waals surface area contributed by atoms with Crippen molar-refractivity contribution in [3.05, 3.63) is 34.3 Å². The number of benzene rings is 1. The molecule has 2 saturated carbocycles. The number of rotatable bonds is 3. The second-order valence-electron chi connectivity index (χ2n) is 6.21. The van der Waals surface area contributed by atoms with Crippen LogP contribution in [-0.2, 0) is 10.3 Å². The van der Waals surface area contributed by atoms with E-state index >= 15 is 0 Å². The molecule has 1 aromatic rings. The molecule has 3 rings (SSSR count). The zero-order valence-electron chi connectivity index (χ0n) is 11.6. The van der Waals surface area contributed by atoms with Crippen LogP contribution in [0, 0.1) is 5.92 Å². The highest BCUT2D eigenvalue weighted by atomic mass is 79.9. The molecule has 0 bridgehead atoms. The van der Waals surface area contributed by atoms with Crippen molar-refractivity contribution in [2.24, 2.45) is 11.7 Å². The first-order valence-electron chi connectivity index (χ1n) is 7.43. The number of carbonyl (C=O) groups excluding carboxylic acids is 1. The van der Waals surface area contributed by atoms with Crippen LogP contribution in [0.3, 0.4) is 0 Å². The smallest absolute Gasteiger partial charge is 0.223 e. The Morgan fingerprint density at radius 3 is 2.80 bits per heavy atom. The van der Waals surface area contributed by atoms with Crippen molar-refractivity contribution >= 4 is 21.8 Å². The fourth-order valence-electron chi connectivity index (χ4n) is 3.20. The van der Waals surface area contributed by atoms with E-state index in [-0.39, 0.29) is 23.4 Å². The monoisotopic (exact) mass is 336 g/mol. The Morgan fingerprint density at radius 2 is 2.15 bits per heavy atom. The average molecular weight is 337 g/mol. The molecule has 0 aromatic heterocycles. The van der Waals surface area contributed by atoms with E-state index in [1.165, 1.54) is 5.56 Å². The van der Waals surface area contributed by atoms with Gasteiger partial charge in [0.2, 0.25) is 5.91 Å². The number of amides is 1. The summed E-state index contributed by atoms with van der Waals surface area (Å²) in [5.41, 5.74) is 7.07. The van der Waals surface area contributed by atoms with Crippen LogP contribution in [-0.4, -0.2) is 11.9 Å². The first-order valence-corrected chi connectivity index (χ1v) is 8.22. The first-order chi connectivity index (χ1) is 9.59. The van der Waals surface area contributed by atoms with Gasteiger partial charge in [-0.25, -0.2) is 0 Å². The number of carbonyl (C=O) groups is 1. The maximum atomic E-state index is 12.5. The zero-order valence-corrected chi connectivity index (χ0v) is 13.2. The highest BCUT2D eigenvalue weighted by Crippen LogP contribution is 2.46. The summed E-state index contributed by atoms with van der Waals surface area (Å²) in [4.78, 5) is 12.5. The number of nitrogens with two attached hydrogens (primary N) is 1. The number of halogens is 1. The summed E-state index contributed by atoms with van der Waals surface area (Å²) in [5, 5.41) is 3.29. The third-order valence-corrected chi connectivity index (χ3v) is 5.07. The quantitative estimate of drug-likeness (QED) is 0.891. The molecule has 0 aliphatic heterocycles. The van der Waals surface area contributed by atoms with Gasteiger partial charge in [-0.05, 0) is 49.8 Å². The maximum Gasteiger partial charge on any atom is 0.223 e. The molecule has 4 heteroatoms. The molecule has 3 nitrogen and oxygen atoms in total. The van der Waals surface area contributed by atoms with Crippen LogP contribution in [0.2, 0.25) is 0 Å². The van der Waals surface area contributed by atoms with Crippen LogP contribution < -0.4 is 11.1 Å². The van der Waals surface area contributed by atoms with E-state index < -0.39 is 0 Å². The van der Waals surface area contributed by atoms with Crippen molar-refractivity contribution in [1.82, 2.24) is 5.32 Å². The Labute approximate surface area is 128 Å². The highest BCUT2D eigenvalue weighted by Gasteiger charge is 2.46. The minimum absolute atomic E-state index is 0.100. The summed E-state index contributed by atoms with van der Waals surface area (Å²) in [6.45, 7) is 0. The molecular formula is C16H21BrN2O. The molecule has 108 valence electrons. The Bertz CT molecular complexity index is 513. The number of nitrogens with one attached hydrogen (secondary N) is 1. The van der Waals surface area contributed by atoms with Crippen molar-refractivity contribution in [3.63, 3.8) is 0 Å². The highest BCUT2D eigenvalue weighted by molar-refractivity contribution is 9.10. The van der Waals surface area contributed by atoms with E-state index in [9.17, 15) is 4.79 Å². The van der Waals surface area contributed by atoms with Gasteiger partial charge in [0.15, 0.2) is 0 Å². The summed E-state index contributed by atoms with van der Waals surface area (Å²) < 4.78 is 1.07. The van der Waals surface area contributed by atoms with Gasteiger partial charge in [-0.2, -0.15) is 0 Å². The number of hydrogen-bond donors (Lipinski definition) is 2. The maximum absolute atomic E-state index is 12.5. The molecule has 0 heterocycles. The average Bonchev–Trinajstić information content (AvgIpc) is 3.20. The van der Waals surface area contributed by atoms with Crippen molar-refractivity contribution < 1.29 is 4.79 Å². The molecule has 2 aliphatic carbocycles. The summed E-state index contributed by atoms with van der Waals surface area (Å²) in [7, 11) is 0. The predicted octanol–water partition coefficient (Wildman–Crippen LogP) is 3.07. The van der Waals surface area contributed by atoms with E-state index in [4.69, 9.17) is 5.73 Å². The molecular weight excluding hydrogens is 316 g/mol. The van der Waals surface area contributed by atoms with Crippen molar-refractivity contribution in [3.8, 4) is 0 Å². The largest absolute Gasteiger partial charge is 0.346 e. The molecule has 2 atom stereocenters. The molecule has 0 radical (unpaired) electrons. The lowest BCUT2D eigenvalue weighted by molar-refractivity contribution is -0.127. The number of hydrogen-bond acceptors (Lipinski definition) is 2. The van der Waals surface area contributed by atoms with Gasteiger partial charge < -0.3 is 11.1 Å². The fourth-order valence-corrected chi connectivity index (χ4v) is 3.60. The second-order valence-corrected chi connectivity index (χ2v) is 7.12. The minimum atomic E-state index is -0.123. The van der Waals surface area contributed by atoms with Gasteiger partial charge >= 0.3 is 0 Å². The first kappa shape index (κ1) is 14.1. The summed E-state index contributed by atoms with van der Waals surface area (Å²) in [6, 6.07) is 8.45. The summed E-state index contributed by atoms with van der Waals surface area (Å²) >= 11 is 3.50. The van der Waals surface area contributed by atoms with Gasteiger partial charge in [0.1, 0.15) is 0 Å². The molecule has 1 amide bonds. The Kier molecular flexibility index (Phi) is 3.87. The Balaban J connectivity index is 1.69. The van der Waals surface area contributed by atoms with Crippen LogP contribution in [0.4, 0.5) is 0 Å². The molecule has 0 saturated heterocycles. The molecule has 2 aliphatic rings. The minimum Gasteiger partial charge on any atom is -0.346 e. The Morgan fingerprint density at radius 1 is 1.35 bits per heavy atom. The van der Waals surface area contributed by atoms with E-state index in [1.54, 1.807) is 0 Å². The standard InChI is InChI=1S/C16H21BrN2O/c17-13-5-2-4-12(10-13)16(7-8-16)19-15(20)11-3-1-6-14(18)9-11/h2,4-5,10-11,14H,1,3,6-9,18H2,(H,19,20). The second kappa shape index (κ2) is 5.49. The van der Waals surface area contributed by atoms with Gasteiger partial charge in [-0.1, -0.05) is 34.5 Å². The normalized spacial score (nSPS) is 27.9. The molecule has 3 N–H and O–H groups in total. The van der Waals surface area contributed by atoms with E-state index in [0.29, 0.717) is 0 Å². The molecule has 0 spiro atoms. The van der Waals surface area contributed by atoms with Gasteiger partial charge in [-0.3, -0.25) is 4.79 Å². The predicted molar refractivity (Wildman–Crippen MR) is 83.1 cm³/mol. The molecule has 2 unspecified atom stereocenters. The van der Waals surface area contributed by atoms with E-state index in [0.717, 1.165) is 43.0 Å². The van der Waals surface area contributed by atoms with Gasteiger partial charge in [0.25, 0.3) is 0 Å². The van der Waals surface area contributed by atoms with Crippen LogP contribution >= 0.6 is 15.9 Å². The van der Waals surface area contributed by atoms with Crippen LogP contribution in [0.25, 0.3) is 0 Å². The van der Waals surface area contributed by atoms with Gasteiger partial charge in [0, 0.05) is 16.4 Å². The van der Waals surface area contributed by atoms with Gasteiger partial charge in [-0.15, -0.1) is 0 Å². The topological polar surface area (TPSA) is 55.1 Å². The van der Waals surface area contributed by atoms with Crippen LogP contribution in [0.15, 0.2) is 28.7 Å². The lowest BCUT2D eigenvalue weighted by atomic mass is 9.85. The fraction of sp³-hybridized carbons (Fsp3) is 0.562. The molecule has 1 aromatic carbocycles. The molecule has 20 heavy (non-hydrogen) atoms. The van der Waals surface area contributed by atoms with Crippen LogP contribution in [0.5, 0.6) is 0 Å². The summed E-state index contributed by atoms with van der Waals surface area (Å²) in [5.74, 6) is 0.293. The lowest BCUT2D eigenvalue weighted by Gasteiger charge is -2.28. The third-order valence-electron chi connectivity index (χ3n) is 4.58. The third kappa shape index (κ3) is 2.91. The van der Waals surface area contributed by atoms with E-state index in [2.05, 4.69) is 33.4 Å². The molecule has 2 fully saturated rings. The Hall–Kier alpha value is -0.870. The van der Waals surface area contributed by atoms with Gasteiger partial charge in [0.05, 0.1) is 5.54 Å². The zero-order chi connectivity index (χ0) is 14.2. The van der Waals surface area contributed by atoms with Crippen molar-refractivity contribution in [2.75, 3.05) is 0 Å². The van der Waals surface area contributed by atoms with Crippen molar-refractivity contribution in [1.29, 1.82) is 0 Å². The van der Waals surface area contributed by atoms with Crippen LogP contribution in [0.1, 0.15) is 44.1 Å².